The van der Waals surface area contributed by atoms with Crippen LogP contribution in [0.15, 0.2) is 66.7 Å². The second-order valence-corrected chi connectivity index (χ2v) is 10.0. The zero-order valence-electron chi connectivity index (χ0n) is 17.6. The number of piperazine rings is 1. The molecule has 0 bridgehead atoms. The lowest BCUT2D eigenvalue weighted by molar-refractivity contribution is 0.0978. The van der Waals surface area contributed by atoms with Crippen LogP contribution in [0, 0.1) is 0 Å². The molecule has 2 N–H and O–H groups in total. The Morgan fingerprint density at radius 3 is 2.28 bits per heavy atom. The van der Waals surface area contributed by atoms with Crippen LogP contribution in [0.1, 0.15) is 10.4 Å². The predicted molar refractivity (Wildman–Crippen MR) is 133 cm³/mol. The van der Waals surface area contributed by atoms with E-state index < -0.39 is 10.0 Å². The highest BCUT2D eigenvalue weighted by Crippen LogP contribution is 2.27. The number of amides is 1. The fraction of sp³-hybridized carbons (Fsp3) is 0.217. The van der Waals surface area contributed by atoms with Gasteiger partial charge in [0.1, 0.15) is 0 Å². The Bertz CT molecular complexity index is 1270. The van der Waals surface area contributed by atoms with Crippen molar-refractivity contribution in [3.05, 3.63) is 72.3 Å². The summed E-state index contributed by atoms with van der Waals surface area (Å²) in [6.45, 7) is 2.00. The molecule has 0 aliphatic carbocycles. The number of nitrogens with one attached hydrogen (secondary N) is 2. The number of rotatable bonds is 4. The fourth-order valence-electron chi connectivity index (χ4n) is 3.78. The van der Waals surface area contributed by atoms with Gasteiger partial charge in [-0.05, 0) is 47.3 Å². The van der Waals surface area contributed by atoms with Gasteiger partial charge in [-0.25, -0.2) is 8.42 Å². The summed E-state index contributed by atoms with van der Waals surface area (Å²) < 4.78 is 25.0. The zero-order valence-corrected chi connectivity index (χ0v) is 19.2. The van der Waals surface area contributed by atoms with Crippen molar-refractivity contribution in [2.75, 3.05) is 42.7 Å². The predicted octanol–water partition coefficient (Wildman–Crippen LogP) is 3.05. The van der Waals surface area contributed by atoms with Crippen molar-refractivity contribution < 1.29 is 13.2 Å². The average molecular weight is 469 g/mol. The molecular formula is C23H24N4O3S2. The highest BCUT2D eigenvalue weighted by molar-refractivity contribution is 7.88. The minimum atomic E-state index is -3.19. The third-order valence-corrected chi connectivity index (χ3v) is 6.95. The highest BCUT2D eigenvalue weighted by atomic mass is 32.2. The molecule has 0 spiro atoms. The van der Waals surface area contributed by atoms with E-state index in [4.69, 9.17) is 12.2 Å². The van der Waals surface area contributed by atoms with E-state index in [0.29, 0.717) is 31.7 Å². The van der Waals surface area contributed by atoms with E-state index >= 15 is 0 Å². The molecule has 1 aliphatic rings. The van der Waals surface area contributed by atoms with Crippen LogP contribution < -0.4 is 15.5 Å². The van der Waals surface area contributed by atoms with Crippen LogP contribution in [0.3, 0.4) is 0 Å². The molecule has 3 aromatic carbocycles. The summed E-state index contributed by atoms with van der Waals surface area (Å²) in [6, 6.07) is 21.0. The van der Waals surface area contributed by atoms with Crippen LogP contribution >= 0.6 is 12.2 Å². The molecule has 0 unspecified atom stereocenters. The number of anilines is 2. The maximum Gasteiger partial charge on any atom is 0.257 e. The monoisotopic (exact) mass is 468 g/mol. The lowest BCUT2D eigenvalue weighted by atomic mass is 10.1. The average Bonchev–Trinajstić information content (AvgIpc) is 2.78. The first kappa shape index (κ1) is 22.2. The third kappa shape index (κ3) is 5.07. The molecule has 1 aliphatic heterocycles. The van der Waals surface area contributed by atoms with Crippen molar-refractivity contribution in [1.29, 1.82) is 0 Å². The number of thiocarbonyl (C=S) groups is 1. The van der Waals surface area contributed by atoms with Gasteiger partial charge in [-0.2, -0.15) is 4.31 Å². The number of hydrogen-bond acceptors (Lipinski definition) is 5. The Balaban J connectivity index is 1.43. The minimum absolute atomic E-state index is 0.199. The molecule has 166 valence electrons. The fourth-order valence-corrected chi connectivity index (χ4v) is 4.80. The summed E-state index contributed by atoms with van der Waals surface area (Å²) in [4.78, 5) is 14.8. The summed E-state index contributed by atoms with van der Waals surface area (Å²) in [5, 5.41) is 8.10. The van der Waals surface area contributed by atoms with Gasteiger partial charge in [0.15, 0.2) is 5.11 Å². The quantitative estimate of drug-likeness (QED) is 0.573. The summed E-state index contributed by atoms with van der Waals surface area (Å²) in [5.74, 6) is -0.285. The van der Waals surface area contributed by atoms with Gasteiger partial charge < -0.3 is 10.2 Å². The van der Waals surface area contributed by atoms with E-state index in [1.165, 1.54) is 10.6 Å². The van der Waals surface area contributed by atoms with E-state index in [1.54, 1.807) is 6.07 Å². The van der Waals surface area contributed by atoms with Crippen LogP contribution in [0.25, 0.3) is 10.8 Å². The molecule has 1 fully saturated rings. The molecule has 3 aromatic rings. The Kier molecular flexibility index (Phi) is 6.40. The van der Waals surface area contributed by atoms with Crippen molar-refractivity contribution >= 4 is 55.4 Å². The summed E-state index contributed by atoms with van der Waals surface area (Å²) in [7, 11) is -3.19. The smallest absolute Gasteiger partial charge is 0.257 e. The number of nitrogens with zero attached hydrogens (tertiary/aromatic N) is 2. The van der Waals surface area contributed by atoms with Gasteiger partial charge in [0.2, 0.25) is 10.0 Å². The lowest BCUT2D eigenvalue weighted by Crippen LogP contribution is -2.48. The van der Waals surface area contributed by atoms with Crippen LogP contribution in [0.5, 0.6) is 0 Å². The molecule has 9 heteroatoms. The number of hydrogen-bond donors (Lipinski definition) is 2. The molecule has 1 amide bonds. The Morgan fingerprint density at radius 2 is 1.56 bits per heavy atom. The Labute approximate surface area is 193 Å². The standard InChI is InChI=1S/C23H24N4O3S2/c1-32(29,30)27-14-12-26(13-15-27)21-9-5-4-8-20(21)24-23(31)25-22(28)19-11-10-17-6-2-3-7-18(17)16-19/h2-11,16H,12-15H2,1H3,(H2,24,25,28,31). The molecule has 4 rings (SSSR count). The van der Waals surface area contributed by atoms with Gasteiger partial charge in [0, 0.05) is 31.7 Å². The van der Waals surface area contributed by atoms with Crippen molar-refractivity contribution in [3.63, 3.8) is 0 Å². The van der Waals surface area contributed by atoms with Crippen LogP contribution in [0.4, 0.5) is 11.4 Å². The van der Waals surface area contributed by atoms with Gasteiger partial charge in [0.05, 0.1) is 17.6 Å². The second-order valence-electron chi connectivity index (χ2n) is 7.64. The molecule has 0 atom stereocenters. The second kappa shape index (κ2) is 9.23. The van der Waals surface area contributed by atoms with Crippen molar-refractivity contribution in [3.8, 4) is 0 Å². The SMILES string of the molecule is CS(=O)(=O)N1CCN(c2ccccc2NC(=S)NC(=O)c2ccc3ccccc3c2)CC1. The Morgan fingerprint density at radius 1 is 0.906 bits per heavy atom. The normalized spacial score (nSPS) is 14.8. The Hall–Kier alpha value is -3.01. The first-order valence-corrected chi connectivity index (χ1v) is 12.5. The van der Waals surface area contributed by atoms with E-state index in [9.17, 15) is 13.2 Å². The van der Waals surface area contributed by atoms with Gasteiger partial charge >= 0.3 is 0 Å². The van der Waals surface area contributed by atoms with Crippen molar-refractivity contribution in [1.82, 2.24) is 9.62 Å². The molecule has 0 saturated carbocycles. The molecule has 0 radical (unpaired) electrons. The van der Waals surface area contributed by atoms with Gasteiger partial charge in [-0.3, -0.25) is 10.1 Å². The number of sulfonamides is 1. The largest absolute Gasteiger partial charge is 0.367 e. The molecule has 0 aromatic heterocycles. The number of para-hydroxylation sites is 2. The van der Waals surface area contributed by atoms with E-state index in [0.717, 1.165) is 22.1 Å². The van der Waals surface area contributed by atoms with E-state index in [-0.39, 0.29) is 11.0 Å². The van der Waals surface area contributed by atoms with Crippen LogP contribution in [0.2, 0.25) is 0 Å². The molecular weight excluding hydrogens is 444 g/mol. The lowest BCUT2D eigenvalue weighted by Gasteiger charge is -2.35. The number of carbonyl (C=O) groups excluding carboxylic acids is 1. The number of fused-ring (bicyclic) bond motifs is 1. The molecule has 1 saturated heterocycles. The summed E-state index contributed by atoms with van der Waals surface area (Å²) in [5.41, 5.74) is 2.19. The highest BCUT2D eigenvalue weighted by Gasteiger charge is 2.24. The maximum absolute atomic E-state index is 12.7. The van der Waals surface area contributed by atoms with Gasteiger partial charge in [-0.1, -0.05) is 42.5 Å². The zero-order chi connectivity index (χ0) is 22.7. The minimum Gasteiger partial charge on any atom is -0.367 e. The van der Waals surface area contributed by atoms with Crippen molar-refractivity contribution in [2.45, 2.75) is 0 Å². The first-order valence-electron chi connectivity index (χ1n) is 10.2. The third-order valence-electron chi connectivity index (χ3n) is 5.44. The van der Waals surface area contributed by atoms with Crippen LogP contribution in [-0.4, -0.2) is 56.2 Å². The molecule has 1 heterocycles. The topological polar surface area (TPSA) is 81.8 Å². The number of carbonyl (C=O) groups is 1. The van der Waals surface area contributed by atoms with E-state index in [1.807, 2.05) is 60.7 Å². The first-order chi connectivity index (χ1) is 15.3. The number of benzene rings is 3. The summed E-state index contributed by atoms with van der Waals surface area (Å²) >= 11 is 5.39. The maximum atomic E-state index is 12.7. The van der Waals surface area contributed by atoms with E-state index in [2.05, 4.69) is 15.5 Å². The van der Waals surface area contributed by atoms with Crippen LogP contribution in [-0.2, 0) is 10.0 Å². The molecule has 7 nitrogen and oxygen atoms in total. The van der Waals surface area contributed by atoms with Crippen molar-refractivity contribution in [2.24, 2.45) is 0 Å². The van der Waals surface area contributed by atoms with Gasteiger partial charge in [0.25, 0.3) is 5.91 Å². The summed E-state index contributed by atoms with van der Waals surface area (Å²) in [6.07, 6.45) is 1.23. The van der Waals surface area contributed by atoms with Gasteiger partial charge in [-0.15, -0.1) is 0 Å². The molecule has 32 heavy (non-hydrogen) atoms.